The Balaban J connectivity index is 1.30. The molecule has 2 aromatic carbocycles. The number of alkyl carbamates (subject to hydrolysis) is 1. The van der Waals surface area contributed by atoms with E-state index in [-0.39, 0.29) is 43.4 Å². The van der Waals surface area contributed by atoms with Crippen molar-refractivity contribution in [1.29, 1.82) is 0 Å². The summed E-state index contributed by atoms with van der Waals surface area (Å²) in [7, 11) is 0. The molecule has 0 heterocycles. The van der Waals surface area contributed by atoms with Crippen molar-refractivity contribution in [2.75, 3.05) is 19.7 Å². The van der Waals surface area contributed by atoms with Crippen LogP contribution in [0.2, 0.25) is 0 Å². The molecule has 0 unspecified atom stereocenters. The normalized spacial score (nSPS) is 18.9. The Morgan fingerprint density at radius 2 is 1.67 bits per heavy atom. The van der Waals surface area contributed by atoms with Gasteiger partial charge in [0, 0.05) is 31.0 Å². The van der Waals surface area contributed by atoms with Crippen molar-refractivity contribution in [1.82, 2.24) is 10.2 Å². The summed E-state index contributed by atoms with van der Waals surface area (Å²) in [5.41, 5.74) is 4.70. The lowest BCUT2D eigenvalue weighted by Crippen LogP contribution is -2.38. The van der Waals surface area contributed by atoms with E-state index in [0.717, 1.165) is 0 Å². The van der Waals surface area contributed by atoms with Gasteiger partial charge in [-0.25, -0.2) is 4.79 Å². The molecule has 7 nitrogen and oxygen atoms in total. The fourth-order valence-electron chi connectivity index (χ4n) is 5.06. The molecule has 0 bridgehead atoms. The maximum absolute atomic E-state index is 12.7. The number of rotatable bonds is 8. The van der Waals surface area contributed by atoms with Crippen LogP contribution >= 0.6 is 0 Å². The highest BCUT2D eigenvalue weighted by Gasteiger charge is 2.34. The highest BCUT2D eigenvalue weighted by molar-refractivity contribution is 5.80. The minimum atomic E-state index is -0.914. The van der Waals surface area contributed by atoms with Gasteiger partial charge < -0.3 is 20.1 Å². The van der Waals surface area contributed by atoms with Crippen molar-refractivity contribution < 1.29 is 24.2 Å². The van der Waals surface area contributed by atoms with Gasteiger partial charge in [0.25, 0.3) is 0 Å². The number of nitrogens with zero attached hydrogens (tertiary/aromatic N) is 1. The first-order valence-corrected chi connectivity index (χ1v) is 11.6. The van der Waals surface area contributed by atoms with E-state index in [1.54, 1.807) is 4.90 Å². The largest absolute Gasteiger partial charge is 0.481 e. The Hall–Kier alpha value is -3.35. The molecule has 2 aromatic rings. The molecular weight excluding hydrogens is 420 g/mol. The van der Waals surface area contributed by atoms with Crippen LogP contribution in [0.1, 0.15) is 49.7 Å². The lowest BCUT2D eigenvalue weighted by molar-refractivity contribution is -0.139. The predicted octanol–water partition coefficient (Wildman–Crippen LogP) is 4.02. The van der Waals surface area contributed by atoms with E-state index in [2.05, 4.69) is 29.6 Å². The zero-order valence-corrected chi connectivity index (χ0v) is 18.8. The predicted molar refractivity (Wildman–Crippen MR) is 124 cm³/mol. The van der Waals surface area contributed by atoms with Crippen LogP contribution in [-0.4, -0.2) is 53.7 Å². The molecule has 2 atom stereocenters. The summed E-state index contributed by atoms with van der Waals surface area (Å²) in [5.74, 6) is -1.14. The third kappa shape index (κ3) is 5.02. The number of carbonyl (C=O) groups is 3. The second kappa shape index (κ2) is 10.1. The summed E-state index contributed by atoms with van der Waals surface area (Å²) in [6.07, 6.45) is 1.40. The highest BCUT2D eigenvalue weighted by atomic mass is 16.5. The summed E-state index contributed by atoms with van der Waals surface area (Å²) in [6, 6.07) is 16.3. The number of hydrogen-bond acceptors (Lipinski definition) is 4. The topological polar surface area (TPSA) is 95.9 Å². The second-order valence-corrected chi connectivity index (χ2v) is 8.74. The molecular formula is C26H30N2O5. The number of carbonyl (C=O) groups excluding carboxylic acids is 2. The van der Waals surface area contributed by atoms with E-state index in [1.165, 1.54) is 22.3 Å². The Morgan fingerprint density at radius 1 is 1.03 bits per heavy atom. The first-order chi connectivity index (χ1) is 16.0. The summed E-state index contributed by atoms with van der Waals surface area (Å²) in [4.78, 5) is 37.7. The molecule has 2 amide bonds. The average molecular weight is 451 g/mol. The Labute approximate surface area is 193 Å². The zero-order chi connectivity index (χ0) is 23.4. The maximum atomic E-state index is 12.7. The molecule has 1 fully saturated rings. The summed E-state index contributed by atoms with van der Waals surface area (Å²) >= 11 is 0. The molecule has 2 aliphatic carbocycles. The van der Waals surface area contributed by atoms with Crippen LogP contribution in [0.15, 0.2) is 48.5 Å². The van der Waals surface area contributed by atoms with Crippen LogP contribution in [0, 0.1) is 5.92 Å². The van der Waals surface area contributed by atoms with Crippen LogP contribution < -0.4 is 5.32 Å². The highest BCUT2D eigenvalue weighted by Crippen LogP contribution is 2.44. The van der Waals surface area contributed by atoms with Crippen molar-refractivity contribution >= 4 is 18.0 Å². The fraction of sp³-hybridized carbons (Fsp3) is 0.423. The lowest BCUT2D eigenvalue weighted by Gasteiger charge is -2.23. The van der Waals surface area contributed by atoms with Gasteiger partial charge in [-0.2, -0.15) is 0 Å². The fourth-order valence-corrected chi connectivity index (χ4v) is 5.06. The number of carboxylic acids is 1. The number of aliphatic carboxylic acids is 1. The molecule has 1 saturated carbocycles. The van der Waals surface area contributed by atoms with Gasteiger partial charge in [-0.3, -0.25) is 9.59 Å². The molecule has 0 spiro atoms. The average Bonchev–Trinajstić information content (AvgIpc) is 3.40. The van der Waals surface area contributed by atoms with Crippen molar-refractivity contribution in [2.45, 2.75) is 44.6 Å². The number of fused-ring (bicyclic) bond motifs is 3. The molecule has 7 heteroatoms. The van der Waals surface area contributed by atoms with Crippen molar-refractivity contribution in [3.8, 4) is 11.1 Å². The molecule has 2 aliphatic rings. The molecule has 33 heavy (non-hydrogen) atoms. The van der Waals surface area contributed by atoms with Gasteiger partial charge in [0.15, 0.2) is 0 Å². The summed E-state index contributed by atoms with van der Waals surface area (Å²) in [5, 5.41) is 11.8. The Bertz CT molecular complexity index is 991. The SMILES string of the molecule is CCN(CCC(=O)O)C(=O)[C@H]1CC[C@@H](NC(=O)OCC2c3ccccc3-c3ccccc32)C1. The molecule has 174 valence electrons. The van der Waals surface area contributed by atoms with Gasteiger partial charge in [0.2, 0.25) is 5.91 Å². The van der Waals surface area contributed by atoms with E-state index in [4.69, 9.17) is 9.84 Å². The standard InChI is InChI=1S/C26H30N2O5/c1-2-28(14-13-24(29)30)25(31)17-11-12-18(15-17)27-26(32)33-16-23-21-9-5-3-7-19(21)20-8-4-6-10-22(20)23/h3-10,17-18,23H,2,11-16H2,1H3,(H,27,32)(H,29,30)/t17-,18+/m0/s1. The third-order valence-corrected chi connectivity index (χ3v) is 6.74. The van der Waals surface area contributed by atoms with Gasteiger partial charge in [-0.05, 0) is 48.4 Å². The smallest absolute Gasteiger partial charge is 0.407 e. The number of nitrogens with one attached hydrogen (secondary N) is 1. The summed E-state index contributed by atoms with van der Waals surface area (Å²) < 4.78 is 5.62. The van der Waals surface area contributed by atoms with Crippen molar-refractivity contribution in [2.24, 2.45) is 5.92 Å². The van der Waals surface area contributed by atoms with Crippen molar-refractivity contribution in [3.63, 3.8) is 0 Å². The van der Waals surface area contributed by atoms with E-state index >= 15 is 0 Å². The molecule has 0 radical (unpaired) electrons. The van der Waals surface area contributed by atoms with E-state index in [1.807, 2.05) is 31.2 Å². The Kier molecular flexibility index (Phi) is 6.96. The Morgan fingerprint density at radius 3 is 2.27 bits per heavy atom. The van der Waals surface area contributed by atoms with Crippen LogP contribution in [-0.2, 0) is 14.3 Å². The van der Waals surface area contributed by atoms with E-state index in [9.17, 15) is 14.4 Å². The van der Waals surface area contributed by atoms with Crippen LogP contribution in [0.25, 0.3) is 11.1 Å². The lowest BCUT2D eigenvalue weighted by atomic mass is 9.98. The number of benzene rings is 2. The third-order valence-electron chi connectivity index (χ3n) is 6.74. The molecule has 0 aliphatic heterocycles. The number of ether oxygens (including phenoxy) is 1. The van der Waals surface area contributed by atoms with Gasteiger partial charge >= 0.3 is 12.1 Å². The monoisotopic (exact) mass is 450 g/mol. The molecule has 4 rings (SSSR count). The second-order valence-electron chi connectivity index (χ2n) is 8.74. The van der Waals surface area contributed by atoms with Gasteiger partial charge in [0.05, 0.1) is 6.42 Å². The van der Waals surface area contributed by atoms with Crippen LogP contribution in [0.4, 0.5) is 4.79 Å². The van der Waals surface area contributed by atoms with Crippen LogP contribution in [0.5, 0.6) is 0 Å². The quantitative estimate of drug-likeness (QED) is 0.633. The number of amides is 2. The van der Waals surface area contributed by atoms with E-state index < -0.39 is 12.1 Å². The molecule has 2 N–H and O–H groups in total. The first-order valence-electron chi connectivity index (χ1n) is 11.6. The molecule has 0 saturated heterocycles. The summed E-state index contributed by atoms with van der Waals surface area (Å²) in [6.45, 7) is 2.80. The molecule has 0 aromatic heterocycles. The minimum Gasteiger partial charge on any atom is -0.481 e. The number of hydrogen-bond donors (Lipinski definition) is 2. The minimum absolute atomic E-state index is 0.00778. The number of carboxylic acid groups (broad SMARTS) is 1. The maximum Gasteiger partial charge on any atom is 0.407 e. The van der Waals surface area contributed by atoms with E-state index in [0.29, 0.717) is 25.8 Å². The van der Waals surface area contributed by atoms with Gasteiger partial charge in [0.1, 0.15) is 6.61 Å². The van der Waals surface area contributed by atoms with Gasteiger partial charge in [-0.1, -0.05) is 48.5 Å². The van der Waals surface area contributed by atoms with Gasteiger partial charge in [-0.15, -0.1) is 0 Å². The first kappa shape index (κ1) is 22.8. The van der Waals surface area contributed by atoms with Crippen molar-refractivity contribution in [3.05, 3.63) is 59.7 Å². The zero-order valence-electron chi connectivity index (χ0n) is 18.8. The van der Waals surface area contributed by atoms with Crippen LogP contribution in [0.3, 0.4) is 0 Å².